The Kier molecular flexibility index (Phi) is 2.31. The smallest absolute Gasteiger partial charge is 0.226 e. The Morgan fingerprint density at radius 1 is 1.31 bits per heavy atom. The second-order valence-corrected chi connectivity index (χ2v) is 4.70. The van der Waals surface area contributed by atoms with E-state index < -0.39 is 0 Å². The summed E-state index contributed by atoms with van der Waals surface area (Å²) in [5, 5.41) is 2.97. The van der Waals surface area contributed by atoms with Crippen LogP contribution in [0.15, 0.2) is 24.3 Å². The highest BCUT2D eigenvalue weighted by molar-refractivity contribution is 5.96. The summed E-state index contributed by atoms with van der Waals surface area (Å²) in [5.74, 6) is 0.979. The number of para-hydroxylation sites is 2. The van der Waals surface area contributed by atoms with Gasteiger partial charge in [-0.05, 0) is 30.9 Å². The van der Waals surface area contributed by atoms with Crippen LogP contribution in [0.5, 0.6) is 0 Å². The number of rotatable bonds is 2. The Hall–Kier alpha value is -1.51. The van der Waals surface area contributed by atoms with E-state index in [2.05, 4.69) is 16.3 Å². The molecule has 1 fully saturated rings. The summed E-state index contributed by atoms with van der Waals surface area (Å²) < 4.78 is 0. The maximum absolute atomic E-state index is 11.6. The van der Waals surface area contributed by atoms with Crippen LogP contribution in [0.2, 0.25) is 0 Å². The molecule has 1 aromatic carbocycles. The van der Waals surface area contributed by atoms with E-state index in [1.54, 1.807) is 0 Å². The van der Waals surface area contributed by atoms with E-state index in [4.69, 9.17) is 0 Å². The third-order valence-corrected chi connectivity index (χ3v) is 3.30. The molecule has 1 aromatic rings. The fraction of sp³-hybridized carbons (Fsp3) is 0.462. The van der Waals surface area contributed by atoms with Crippen LogP contribution < -0.4 is 10.2 Å². The number of carbonyl (C=O) groups excluding carboxylic acids is 1. The first kappa shape index (κ1) is 9.70. The molecule has 1 aliphatic carbocycles. The van der Waals surface area contributed by atoms with Crippen molar-refractivity contribution in [2.75, 3.05) is 23.3 Å². The van der Waals surface area contributed by atoms with Gasteiger partial charge < -0.3 is 10.2 Å². The average Bonchev–Trinajstić information content (AvgIpc) is 3.09. The molecule has 3 rings (SSSR count). The minimum Gasteiger partial charge on any atom is -0.369 e. The van der Waals surface area contributed by atoms with Crippen LogP contribution in [-0.2, 0) is 4.79 Å². The zero-order chi connectivity index (χ0) is 11.0. The lowest BCUT2D eigenvalue weighted by Gasteiger charge is -2.23. The molecule has 0 spiro atoms. The summed E-state index contributed by atoms with van der Waals surface area (Å²) >= 11 is 0. The summed E-state index contributed by atoms with van der Waals surface area (Å²) in [7, 11) is 0. The number of benzene rings is 1. The van der Waals surface area contributed by atoms with Crippen molar-refractivity contribution in [3.05, 3.63) is 24.3 Å². The van der Waals surface area contributed by atoms with Gasteiger partial charge in [0.2, 0.25) is 5.91 Å². The fourth-order valence-corrected chi connectivity index (χ4v) is 2.23. The van der Waals surface area contributed by atoms with Crippen LogP contribution in [0, 0.1) is 5.92 Å². The summed E-state index contributed by atoms with van der Waals surface area (Å²) in [5.41, 5.74) is 2.14. The number of nitrogens with one attached hydrogen (secondary N) is 1. The Labute approximate surface area is 95.4 Å². The lowest BCUT2D eigenvalue weighted by atomic mass is 10.2. The lowest BCUT2D eigenvalue weighted by molar-refractivity contribution is -0.115. The van der Waals surface area contributed by atoms with Gasteiger partial charge in [-0.15, -0.1) is 0 Å². The molecule has 1 aliphatic heterocycles. The molecule has 1 N–H and O–H groups in total. The van der Waals surface area contributed by atoms with Crippen molar-refractivity contribution in [3.63, 3.8) is 0 Å². The van der Waals surface area contributed by atoms with E-state index in [9.17, 15) is 4.79 Å². The summed E-state index contributed by atoms with van der Waals surface area (Å²) in [6, 6.07) is 8.09. The average molecular weight is 216 g/mol. The van der Waals surface area contributed by atoms with E-state index in [0.717, 1.165) is 24.7 Å². The summed E-state index contributed by atoms with van der Waals surface area (Å²) in [4.78, 5) is 13.9. The minimum atomic E-state index is 0.130. The van der Waals surface area contributed by atoms with E-state index in [1.807, 2.05) is 18.2 Å². The SMILES string of the molecule is O=C1CCN(CC2CC2)c2ccccc2N1. The van der Waals surface area contributed by atoms with Crippen molar-refractivity contribution in [2.45, 2.75) is 19.3 Å². The summed E-state index contributed by atoms with van der Waals surface area (Å²) in [6.07, 6.45) is 3.29. The van der Waals surface area contributed by atoms with E-state index in [-0.39, 0.29) is 5.91 Å². The monoisotopic (exact) mass is 216 g/mol. The number of anilines is 2. The molecule has 1 saturated carbocycles. The van der Waals surface area contributed by atoms with Crippen LogP contribution in [0.4, 0.5) is 11.4 Å². The Bertz CT molecular complexity index is 412. The first-order chi connectivity index (χ1) is 7.83. The second kappa shape index (κ2) is 3.81. The quantitative estimate of drug-likeness (QED) is 0.822. The second-order valence-electron chi connectivity index (χ2n) is 4.70. The predicted molar refractivity (Wildman–Crippen MR) is 64.6 cm³/mol. The van der Waals surface area contributed by atoms with Gasteiger partial charge in [-0.1, -0.05) is 12.1 Å². The van der Waals surface area contributed by atoms with Crippen molar-refractivity contribution >= 4 is 17.3 Å². The first-order valence-corrected chi connectivity index (χ1v) is 5.97. The highest BCUT2D eigenvalue weighted by Crippen LogP contribution is 2.34. The van der Waals surface area contributed by atoms with Gasteiger partial charge in [0.1, 0.15) is 0 Å². The third-order valence-electron chi connectivity index (χ3n) is 3.30. The number of carbonyl (C=O) groups is 1. The van der Waals surface area contributed by atoms with Gasteiger partial charge in [-0.3, -0.25) is 4.79 Å². The number of amides is 1. The largest absolute Gasteiger partial charge is 0.369 e. The molecule has 3 heteroatoms. The zero-order valence-electron chi connectivity index (χ0n) is 9.28. The van der Waals surface area contributed by atoms with Gasteiger partial charge in [0, 0.05) is 19.5 Å². The molecule has 0 saturated heterocycles. The first-order valence-electron chi connectivity index (χ1n) is 5.97. The zero-order valence-corrected chi connectivity index (χ0v) is 9.28. The van der Waals surface area contributed by atoms with Crippen LogP contribution in [0.3, 0.4) is 0 Å². The Balaban J connectivity index is 1.90. The molecular formula is C13H16N2O. The van der Waals surface area contributed by atoms with Crippen molar-refractivity contribution in [3.8, 4) is 0 Å². The molecule has 0 radical (unpaired) electrons. The minimum absolute atomic E-state index is 0.130. The maximum Gasteiger partial charge on any atom is 0.226 e. The van der Waals surface area contributed by atoms with Gasteiger partial charge in [0.15, 0.2) is 0 Å². The molecule has 2 aliphatic rings. The van der Waals surface area contributed by atoms with Gasteiger partial charge in [0.25, 0.3) is 0 Å². The predicted octanol–water partition coefficient (Wildman–Crippen LogP) is 2.25. The maximum atomic E-state index is 11.6. The molecule has 84 valence electrons. The number of hydrogen-bond acceptors (Lipinski definition) is 2. The molecule has 16 heavy (non-hydrogen) atoms. The van der Waals surface area contributed by atoms with Crippen LogP contribution in [-0.4, -0.2) is 19.0 Å². The molecule has 1 amide bonds. The number of fused-ring (bicyclic) bond motifs is 1. The summed E-state index contributed by atoms with van der Waals surface area (Å²) in [6.45, 7) is 1.95. The standard InChI is InChI=1S/C13H16N2O/c16-13-7-8-15(9-10-5-6-10)12-4-2-1-3-11(12)14-13/h1-4,10H,5-9H2,(H,14,16). The fourth-order valence-electron chi connectivity index (χ4n) is 2.23. The normalized spacial score (nSPS) is 20.0. The number of nitrogens with zero attached hydrogens (tertiary/aromatic N) is 1. The molecule has 0 bridgehead atoms. The van der Waals surface area contributed by atoms with Crippen molar-refractivity contribution in [1.29, 1.82) is 0 Å². The van der Waals surface area contributed by atoms with E-state index >= 15 is 0 Å². The van der Waals surface area contributed by atoms with Crippen molar-refractivity contribution in [1.82, 2.24) is 0 Å². The molecule has 3 nitrogen and oxygen atoms in total. The molecule has 0 aromatic heterocycles. The molecular weight excluding hydrogens is 200 g/mol. The Morgan fingerprint density at radius 3 is 2.94 bits per heavy atom. The van der Waals surface area contributed by atoms with Gasteiger partial charge in [0.05, 0.1) is 11.4 Å². The Morgan fingerprint density at radius 2 is 2.12 bits per heavy atom. The van der Waals surface area contributed by atoms with Crippen molar-refractivity contribution in [2.24, 2.45) is 5.92 Å². The van der Waals surface area contributed by atoms with Crippen LogP contribution >= 0.6 is 0 Å². The highest BCUT2D eigenvalue weighted by Gasteiger charge is 2.27. The van der Waals surface area contributed by atoms with Gasteiger partial charge in [-0.25, -0.2) is 0 Å². The number of hydrogen-bond donors (Lipinski definition) is 1. The molecule has 0 unspecified atom stereocenters. The van der Waals surface area contributed by atoms with Gasteiger partial charge in [-0.2, -0.15) is 0 Å². The molecule has 0 atom stereocenters. The topological polar surface area (TPSA) is 32.3 Å². The van der Waals surface area contributed by atoms with Crippen LogP contribution in [0.1, 0.15) is 19.3 Å². The van der Waals surface area contributed by atoms with Crippen molar-refractivity contribution < 1.29 is 4.79 Å². The van der Waals surface area contributed by atoms with E-state index in [0.29, 0.717) is 6.42 Å². The lowest BCUT2D eigenvalue weighted by Crippen LogP contribution is -2.26. The molecule has 1 heterocycles. The van der Waals surface area contributed by atoms with Crippen LogP contribution in [0.25, 0.3) is 0 Å². The third kappa shape index (κ3) is 1.90. The van der Waals surface area contributed by atoms with E-state index in [1.165, 1.54) is 18.5 Å². The van der Waals surface area contributed by atoms with Gasteiger partial charge >= 0.3 is 0 Å². The highest BCUT2D eigenvalue weighted by atomic mass is 16.1.